The van der Waals surface area contributed by atoms with E-state index in [1.165, 1.54) is 15.8 Å². The molecule has 2 aromatic rings. The van der Waals surface area contributed by atoms with Gasteiger partial charge < -0.3 is 15.4 Å². The molecule has 0 aliphatic heterocycles. The molecule has 1 aromatic carbocycles. The van der Waals surface area contributed by atoms with Gasteiger partial charge in [0.1, 0.15) is 17.1 Å². The van der Waals surface area contributed by atoms with Gasteiger partial charge in [-0.2, -0.15) is 5.10 Å². The van der Waals surface area contributed by atoms with Crippen LogP contribution in [0.4, 0.5) is 11.5 Å². The summed E-state index contributed by atoms with van der Waals surface area (Å²) in [6.07, 6.45) is 1.47. The summed E-state index contributed by atoms with van der Waals surface area (Å²) in [5, 5.41) is 3.96. The number of hydrogen-bond acceptors (Lipinski definition) is 4. The molecule has 0 aliphatic carbocycles. The molecule has 1 heterocycles. The van der Waals surface area contributed by atoms with E-state index >= 15 is 0 Å². The van der Waals surface area contributed by atoms with Gasteiger partial charge in [-0.25, -0.2) is 0 Å². The molecule has 2 N–H and O–H groups in total. The zero-order valence-corrected chi connectivity index (χ0v) is 11.1. The third kappa shape index (κ3) is 2.37. The van der Waals surface area contributed by atoms with Crippen molar-refractivity contribution in [2.24, 2.45) is 7.05 Å². The highest BCUT2D eigenvalue weighted by Crippen LogP contribution is 2.21. The van der Waals surface area contributed by atoms with E-state index in [2.05, 4.69) is 5.10 Å². The van der Waals surface area contributed by atoms with Crippen LogP contribution in [-0.4, -0.2) is 29.8 Å². The van der Waals surface area contributed by atoms with Crippen LogP contribution >= 0.6 is 0 Å². The lowest BCUT2D eigenvalue weighted by atomic mass is 10.2. The second-order valence-electron chi connectivity index (χ2n) is 4.13. The predicted molar refractivity (Wildman–Crippen MR) is 73.3 cm³/mol. The van der Waals surface area contributed by atoms with Gasteiger partial charge >= 0.3 is 0 Å². The van der Waals surface area contributed by atoms with E-state index in [4.69, 9.17) is 10.5 Å². The van der Waals surface area contributed by atoms with Crippen LogP contribution in [0.2, 0.25) is 0 Å². The van der Waals surface area contributed by atoms with Crippen LogP contribution in [0.15, 0.2) is 30.5 Å². The fraction of sp³-hybridized carbons (Fsp3) is 0.231. The number of ether oxygens (including phenoxy) is 1. The van der Waals surface area contributed by atoms with Crippen molar-refractivity contribution in [2.75, 3.05) is 24.8 Å². The summed E-state index contributed by atoms with van der Waals surface area (Å²) in [5.74, 6) is 0.895. The van der Waals surface area contributed by atoms with Crippen molar-refractivity contribution in [3.05, 3.63) is 36.0 Å². The smallest absolute Gasteiger partial charge is 0.263 e. The van der Waals surface area contributed by atoms with Crippen LogP contribution in [-0.2, 0) is 7.05 Å². The Morgan fingerprint density at radius 2 is 2.00 bits per heavy atom. The van der Waals surface area contributed by atoms with E-state index in [0.717, 1.165) is 11.4 Å². The summed E-state index contributed by atoms with van der Waals surface area (Å²) in [4.78, 5) is 13.8. The number of nitrogens with zero attached hydrogens (tertiary/aromatic N) is 3. The van der Waals surface area contributed by atoms with Gasteiger partial charge in [-0.15, -0.1) is 0 Å². The molecule has 100 valence electrons. The van der Waals surface area contributed by atoms with Crippen molar-refractivity contribution in [3.8, 4) is 5.75 Å². The Morgan fingerprint density at radius 1 is 1.37 bits per heavy atom. The van der Waals surface area contributed by atoms with Gasteiger partial charge in [0, 0.05) is 19.8 Å². The molecule has 0 unspecified atom stereocenters. The third-order valence-corrected chi connectivity index (χ3v) is 2.98. The van der Waals surface area contributed by atoms with Crippen LogP contribution in [0.5, 0.6) is 5.75 Å². The Labute approximate surface area is 111 Å². The van der Waals surface area contributed by atoms with E-state index in [9.17, 15) is 4.79 Å². The normalized spacial score (nSPS) is 10.3. The Morgan fingerprint density at radius 3 is 2.47 bits per heavy atom. The number of hydrogen-bond donors (Lipinski definition) is 1. The van der Waals surface area contributed by atoms with Gasteiger partial charge in [0.25, 0.3) is 5.91 Å². The van der Waals surface area contributed by atoms with Crippen LogP contribution in [0.1, 0.15) is 10.4 Å². The minimum Gasteiger partial charge on any atom is -0.497 e. The third-order valence-electron chi connectivity index (χ3n) is 2.98. The van der Waals surface area contributed by atoms with Gasteiger partial charge in [0.05, 0.1) is 13.3 Å². The van der Waals surface area contributed by atoms with Gasteiger partial charge in [0.2, 0.25) is 0 Å². The van der Waals surface area contributed by atoms with Gasteiger partial charge in [-0.3, -0.25) is 9.48 Å². The zero-order chi connectivity index (χ0) is 14.0. The maximum Gasteiger partial charge on any atom is 0.263 e. The molecule has 1 amide bonds. The summed E-state index contributed by atoms with van der Waals surface area (Å²) < 4.78 is 6.55. The number of carbonyl (C=O) groups excluding carboxylic acids is 1. The molecular weight excluding hydrogens is 244 g/mol. The number of benzene rings is 1. The number of amides is 1. The number of nitrogens with two attached hydrogens (primary N) is 1. The average Bonchev–Trinajstić information content (AvgIpc) is 2.77. The highest BCUT2D eigenvalue weighted by Gasteiger charge is 2.18. The highest BCUT2D eigenvalue weighted by atomic mass is 16.5. The molecule has 2 rings (SSSR count). The van der Waals surface area contributed by atoms with Crippen LogP contribution < -0.4 is 15.4 Å². The molecule has 0 atom stereocenters. The molecule has 6 heteroatoms. The van der Waals surface area contributed by atoms with E-state index in [0.29, 0.717) is 11.4 Å². The molecule has 1 aromatic heterocycles. The lowest BCUT2D eigenvalue weighted by Gasteiger charge is -2.17. The number of rotatable bonds is 3. The lowest BCUT2D eigenvalue weighted by molar-refractivity contribution is 0.0994. The minimum absolute atomic E-state index is 0.198. The summed E-state index contributed by atoms with van der Waals surface area (Å²) in [6, 6.07) is 7.21. The van der Waals surface area contributed by atoms with E-state index in [1.54, 1.807) is 33.3 Å². The summed E-state index contributed by atoms with van der Waals surface area (Å²) in [7, 11) is 4.98. The Hall–Kier alpha value is -2.50. The fourth-order valence-corrected chi connectivity index (χ4v) is 1.72. The SMILES string of the molecule is COc1ccc(N(C)C(=O)c2cnn(C)c2N)cc1. The van der Waals surface area contributed by atoms with Crippen molar-refractivity contribution < 1.29 is 9.53 Å². The molecule has 0 fully saturated rings. The summed E-state index contributed by atoms with van der Waals surface area (Å²) >= 11 is 0. The molecule has 0 saturated heterocycles. The second-order valence-corrected chi connectivity index (χ2v) is 4.13. The van der Waals surface area contributed by atoms with Crippen molar-refractivity contribution >= 4 is 17.4 Å². The first-order chi connectivity index (χ1) is 9.04. The highest BCUT2D eigenvalue weighted by molar-refractivity contribution is 6.08. The average molecular weight is 260 g/mol. The Kier molecular flexibility index (Phi) is 3.41. The maximum atomic E-state index is 12.3. The van der Waals surface area contributed by atoms with E-state index in [1.807, 2.05) is 12.1 Å². The second kappa shape index (κ2) is 5.01. The zero-order valence-electron chi connectivity index (χ0n) is 11.1. The first-order valence-electron chi connectivity index (χ1n) is 5.74. The molecular formula is C13H16N4O2. The van der Waals surface area contributed by atoms with Crippen LogP contribution in [0.3, 0.4) is 0 Å². The number of carbonyl (C=O) groups is 1. The van der Waals surface area contributed by atoms with Gasteiger partial charge in [-0.05, 0) is 24.3 Å². The first kappa shape index (κ1) is 12.9. The fourth-order valence-electron chi connectivity index (χ4n) is 1.72. The van der Waals surface area contributed by atoms with Gasteiger partial charge in [-0.1, -0.05) is 0 Å². The molecule has 19 heavy (non-hydrogen) atoms. The molecule has 0 bridgehead atoms. The molecule has 0 radical (unpaired) electrons. The summed E-state index contributed by atoms with van der Waals surface area (Å²) in [5.41, 5.74) is 6.95. The number of methoxy groups -OCH3 is 1. The first-order valence-corrected chi connectivity index (χ1v) is 5.74. The standard InChI is InChI=1S/C13H16N4O2/c1-16(9-4-6-10(19-3)7-5-9)13(18)11-8-15-17(2)12(11)14/h4-8H,14H2,1-3H3. The molecule has 0 spiro atoms. The van der Waals surface area contributed by atoms with Crippen molar-refractivity contribution in [3.63, 3.8) is 0 Å². The minimum atomic E-state index is -0.198. The van der Waals surface area contributed by atoms with Crippen molar-refractivity contribution in [2.45, 2.75) is 0 Å². The van der Waals surface area contributed by atoms with Crippen LogP contribution in [0, 0.1) is 0 Å². The quantitative estimate of drug-likeness (QED) is 0.902. The molecule has 0 aliphatic rings. The topological polar surface area (TPSA) is 73.4 Å². The predicted octanol–water partition coefficient (Wildman–Crippen LogP) is 1.29. The lowest BCUT2D eigenvalue weighted by Crippen LogP contribution is -2.26. The number of aryl methyl sites for hydroxylation is 1. The maximum absolute atomic E-state index is 12.3. The monoisotopic (exact) mass is 260 g/mol. The summed E-state index contributed by atoms with van der Waals surface area (Å²) in [6.45, 7) is 0. The largest absolute Gasteiger partial charge is 0.497 e. The number of nitrogen functional groups attached to an aromatic ring is 1. The molecule has 0 saturated carbocycles. The Balaban J connectivity index is 2.25. The number of anilines is 2. The van der Waals surface area contributed by atoms with Crippen LogP contribution in [0.25, 0.3) is 0 Å². The number of aromatic nitrogens is 2. The Bertz CT molecular complexity index is 589. The molecule has 6 nitrogen and oxygen atoms in total. The van der Waals surface area contributed by atoms with Gasteiger partial charge in [0.15, 0.2) is 0 Å². The van der Waals surface area contributed by atoms with Crippen molar-refractivity contribution in [1.29, 1.82) is 0 Å². The van der Waals surface area contributed by atoms with E-state index < -0.39 is 0 Å². The van der Waals surface area contributed by atoms with E-state index in [-0.39, 0.29) is 5.91 Å². The van der Waals surface area contributed by atoms with Crippen molar-refractivity contribution in [1.82, 2.24) is 9.78 Å².